The van der Waals surface area contributed by atoms with Gasteiger partial charge in [-0.1, -0.05) is 23.7 Å². The minimum Gasteiger partial charge on any atom is -0.488 e. The number of carbonyl (C=O) groups is 1. The largest absolute Gasteiger partial charge is 0.488 e. The summed E-state index contributed by atoms with van der Waals surface area (Å²) in [6, 6.07) is 7.44. The Balaban J connectivity index is 1.71. The minimum absolute atomic E-state index is 0.111. The highest BCUT2D eigenvalue weighted by Crippen LogP contribution is 2.26. The topological polar surface area (TPSA) is 90.4 Å². The number of carbonyl (C=O) groups excluding carboxylic acids is 1. The van der Waals surface area contributed by atoms with Crippen LogP contribution in [0.15, 0.2) is 28.8 Å². The van der Waals surface area contributed by atoms with E-state index in [1.807, 2.05) is 32.0 Å². The molecule has 1 saturated carbocycles. The zero-order chi connectivity index (χ0) is 17.8. The van der Waals surface area contributed by atoms with Crippen LogP contribution in [0.5, 0.6) is 5.75 Å². The van der Waals surface area contributed by atoms with E-state index in [0.717, 1.165) is 36.3 Å². The van der Waals surface area contributed by atoms with Crippen molar-refractivity contribution in [1.29, 1.82) is 0 Å². The number of hydrogen-bond acceptors (Lipinski definition) is 5. The van der Waals surface area contributed by atoms with Crippen LogP contribution in [-0.2, 0) is 6.61 Å². The third-order valence-electron chi connectivity index (χ3n) is 4.96. The van der Waals surface area contributed by atoms with Crippen molar-refractivity contribution in [2.75, 3.05) is 6.54 Å². The fraction of sp³-hybridized carbons (Fsp3) is 0.474. The SMILES string of the molecule is Cc1noc(C)c1COc1ccccc1C(=O)NC1CCCC1CN. The number of aromatic nitrogens is 1. The van der Waals surface area contributed by atoms with E-state index < -0.39 is 0 Å². The number of hydrogen-bond donors (Lipinski definition) is 2. The molecule has 6 nitrogen and oxygen atoms in total. The summed E-state index contributed by atoms with van der Waals surface area (Å²) in [5.74, 6) is 1.54. The van der Waals surface area contributed by atoms with Crippen LogP contribution in [0.2, 0.25) is 0 Å². The number of para-hydroxylation sites is 1. The van der Waals surface area contributed by atoms with Crippen LogP contribution in [0.3, 0.4) is 0 Å². The van der Waals surface area contributed by atoms with Crippen LogP contribution in [0.4, 0.5) is 0 Å². The number of benzene rings is 1. The molecule has 0 aliphatic heterocycles. The van der Waals surface area contributed by atoms with Crippen LogP contribution >= 0.6 is 0 Å². The second-order valence-corrected chi connectivity index (χ2v) is 6.59. The van der Waals surface area contributed by atoms with E-state index in [2.05, 4.69) is 10.5 Å². The van der Waals surface area contributed by atoms with Crippen LogP contribution in [0.25, 0.3) is 0 Å². The van der Waals surface area contributed by atoms with Crippen molar-refractivity contribution >= 4 is 5.91 Å². The molecular weight excluding hydrogens is 318 g/mol. The van der Waals surface area contributed by atoms with Gasteiger partial charge in [0, 0.05) is 6.04 Å². The summed E-state index contributed by atoms with van der Waals surface area (Å²) >= 11 is 0. The highest BCUT2D eigenvalue weighted by atomic mass is 16.5. The Bertz CT molecular complexity index is 722. The summed E-state index contributed by atoms with van der Waals surface area (Å²) in [7, 11) is 0. The van der Waals surface area contributed by atoms with Gasteiger partial charge in [0.25, 0.3) is 5.91 Å². The predicted octanol–water partition coefficient (Wildman–Crippen LogP) is 2.73. The molecule has 1 amide bonds. The Morgan fingerprint density at radius 2 is 2.16 bits per heavy atom. The minimum atomic E-state index is -0.111. The monoisotopic (exact) mass is 343 g/mol. The first kappa shape index (κ1) is 17.5. The van der Waals surface area contributed by atoms with E-state index in [0.29, 0.717) is 30.4 Å². The molecule has 3 rings (SSSR count). The molecule has 1 aromatic heterocycles. The van der Waals surface area contributed by atoms with Gasteiger partial charge in [-0.15, -0.1) is 0 Å². The van der Waals surface area contributed by atoms with E-state index in [1.54, 1.807) is 6.07 Å². The number of nitrogens with one attached hydrogen (secondary N) is 1. The maximum Gasteiger partial charge on any atom is 0.255 e. The number of amides is 1. The summed E-state index contributed by atoms with van der Waals surface area (Å²) in [5, 5.41) is 7.05. The maximum atomic E-state index is 12.7. The zero-order valence-corrected chi connectivity index (χ0v) is 14.7. The van der Waals surface area contributed by atoms with Gasteiger partial charge in [0.2, 0.25) is 0 Å². The summed E-state index contributed by atoms with van der Waals surface area (Å²) < 4.78 is 11.0. The molecule has 1 heterocycles. The fourth-order valence-electron chi connectivity index (χ4n) is 3.39. The summed E-state index contributed by atoms with van der Waals surface area (Å²) in [4.78, 5) is 12.7. The highest BCUT2D eigenvalue weighted by molar-refractivity contribution is 5.97. The van der Waals surface area contributed by atoms with E-state index in [1.165, 1.54) is 0 Å². The molecule has 2 aromatic rings. The smallest absolute Gasteiger partial charge is 0.255 e. The van der Waals surface area contributed by atoms with E-state index in [9.17, 15) is 4.79 Å². The van der Waals surface area contributed by atoms with E-state index >= 15 is 0 Å². The molecule has 1 aliphatic carbocycles. The lowest BCUT2D eigenvalue weighted by atomic mass is 10.0. The molecule has 0 radical (unpaired) electrons. The molecule has 0 spiro atoms. The van der Waals surface area contributed by atoms with Gasteiger partial charge in [0.05, 0.1) is 16.8 Å². The van der Waals surface area contributed by atoms with Gasteiger partial charge >= 0.3 is 0 Å². The zero-order valence-electron chi connectivity index (χ0n) is 14.7. The third kappa shape index (κ3) is 3.85. The lowest BCUT2D eigenvalue weighted by molar-refractivity contribution is 0.0924. The molecule has 0 saturated heterocycles. The lowest BCUT2D eigenvalue weighted by Gasteiger charge is -2.20. The molecule has 134 valence electrons. The number of nitrogens with zero attached hydrogens (tertiary/aromatic N) is 1. The Morgan fingerprint density at radius 1 is 1.36 bits per heavy atom. The molecule has 2 atom stereocenters. The van der Waals surface area contributed by atoms with Crippen LogP contribution in [-0.4, -0.2) is 23.7 Å². The van der Waals surface area contributed by atoms with Crippen LogP contribution < -0.4 is 15.8 Å². The normalized spacial score (nSPS) is 19.8. The van der Waals surface area contributed by atoms with Crippen LogP contribution in [0, 0.1) is 19.8 Å². The Labute approximate surface area is 147 Å². The summed E-state index contributed by atoms with van der Waals surface area (Å²) in [5.41, 5.74) is 8.06. The van der Waals surface area contributed by atoms with Crippen molar-refractivity contribution in [2.24, 2.45) is 11.7 Å². The van der Waals surface area contributed by atoms with Crippen molar-refractivity contribution in [3.63, 3.8) is 0 Å². The van der Waals surface area contributed by atoms with Crippen molar-refractivity contribution in [2.45, 2.75) is 45.8 Å². The molecular formula is C19H25N3O3. The van der Waals surface area contributed by atoms with Gasteiger partial charge in [-0.3, -0.25) is 4.79 Å². The molecule has 2 unspecified atom stereocenters. The van der Waals surface area contributed by atoms with Gasteiger partial charge in [-0.2, -0.15) is 0 Å². The quantitative estimate of drug-likeness (QED) is 0.841. The second kappa shape index (κ2) is 7.70. The van der Waals surface area contributed by atoms with Crippen molar-refractivity contribution in [3.8, 4) is 5.75 Å². The lowest BCUT2D eigenvalue weighted by Crippen LogP contribution is -2.40. The second-order valence-electron chi connectivity index (χ2n) is 6.59. The van der Waals surface area contributed by atoms with Gasteiger partial charge in [-0.05, 0) is 51.3 Å². The predicted molar refractivity (Wildman–Crippen MR) is 94.4 cm³/mol. The van der Waals surface area contributed by atoms with Crippen molar-refractivity contribution < 1.29 is 14.1 Å². The molecule has 25 heavy (non-hydrogen) atoms. The molecule has 1 aromatic carbocycles. The number of ether oxygens (including phenoxy) is 1. The fourth-order valence-corrected chi connectivity index (χ4v) is 3.39. The van der Waals surface area contributed by atoms with Crippen LogP contribution in [0.1, 0.15) is 46.6 Å². The first-order valence-corrected chi connectivity index (χ1v) is 8.74. The van der Waals surface area contributed by atoms with Gasteiger partial charge < -0.3 is 20.3 Å². The molecule has 6 heteroatoms. The standard InChI is InChI=1S/C19H25N3O3/c1-12-16(13(2)25-22-12)11-24-18-9-4-3-7-15(18)19(23)21-17-8-5-6-14(17)10-20/h3-4,7,9,14,17H,5-6,8,10-11,20H2,1-2H3,(H,21,23). The molecule has 1 aliphatic rings. The number of rotatable bonds is 6. The number of aryl methyl sites for hydroxylation is 2. The maximum absolute atomic E-state index is 12.7. The van der Waals surface area contributed by atoms with Gasteiger partial charge in [0.15, 0.2) is 0 Å². The Hall–Kier alpha value is -2.34. The molecule has 0 bridgehead atoms. The van der Waals surface area contributed by atoms with Crippen molar-refractivity contribution in [3.05, 3.63) is 46.8 Å². The summed E-state index contributed by atoms with van der Waals surface area (Å²) in [6.07, 6.45) is 3.17. The molecule has 3 N–H and O–H groups in total. The Morgan fingerprint density at radius 3 is 2.88 bits per heavy atom. The average Bonchev–Trinajstić information content (AvgIpc) is 3.19. The first-order valence-electron chi connectivity index (χ1n) is 8.74. The van der Waals surface area contributed by atoms with E-state index in [-0.39, 0.29) is 11.9 Å². The van der Waals surface area contributed by atoms with Crippen molar-refractivity contribution in [1.82, 2.24) is 10.5 Å². The highest BCUT2D eigenvalue weighted by Gasteiger charge is 2.28. The van der Waals surface area contributed by atoms with E-state index in [4.69, 9.17) is 15.0 Å². The molecule has 1 fully saturated rings. The number of nitrogens with two attached hydrogens (primary N) is 1. The third-order valence-corrected chi connectivity index (χ3v) is 4.96. The average molecular weight is 343 g/mol. The van der Waals surface area contributed by atoms with Gasteiger partial charge in [-0.25, -0.2) is 0 Å². The van der Waals surface area contributed by atoms with Gasteiger partial charge in [0.1, 0.15) is 18.1 Å². The summed E-state index contributed by atoms with van der Waals surface area (Å²) in [6.45, 7) is 4.65. The first-order chi connectivity index (χ1) is 12.1. The Kier molecular flexibility index (Phi) is 5.38.